The first-order valence-electron chi connectivity index (χ1n) is 10.3. The Bertz CT molecular complexity index is 1130. The lowest BCUT2D eigenvalue weighted by atomic mass is 10.0. The lowest BCUT2D eigenvalue weighted by Crippen LogP contribution is -2.46. The molecule has 8 heteroatoms. The highest BCUT2D eigenvalue weighted by atomic mass is 35.5. The van der Waals surface area contributed by atoms with Gasteiger partial charge in [-0.2, -0.15) is 5.10 Å². The highest BCUT2D eigenvalue weighted by molar-refractivity contribution is 6.30. The van der Waals surface area contributed by atoms with Gasteiger partial charge in [0, 0.05) is 18.8 Å². The quantitative estimate of drug-likeness (QED) is 0.637. The van der Waals surface area contributed by atoms with Crippen LogP contribution >= 0.6 is 11.6 Å². The molecule has 0 bridgehead atoms. The first-order chi connectivity index (χ1) is 15.0. The molecule has 1 N–H and O–H groups in total. The largest absolute Gasteiger partial charge is 0.376 e. The number of amides is 1. The summed E-state index contributed by atoms with van der Waals surface area (Å²) in [5.74, 6) is -0.400. The second kappa shape index (κ2) is 7.98. The van der Waals surface area contributed by atoms with E-state index < -0.39 is 6.17 Å². The van der Waals surface area contributed by atoms with Gasteiger partial charge in [0.15, 0.2) is 0 Å². The molecule has 1 amide bonds. The van der Waals surface area contributed by atoms with Crippen molar-refractivity contribution in [2.45, 2.75) is 32.0 Å². The van der Waals surface area contributed by atoms with Crippen LogP contribution in [0, 0.1) is 12.7 Å². The maximum absolute atomic E-state index is 13.4. The summed E-state index contributed by atoms with van der Waals surface area (Å²) in [5.41, 5.74) is 3.43. The molecule has 2 aromatic carbocycles. The van der Waals surface area contributed by atoms with E-state index in [-0.39, 0.29) is 17.8 Å². The third-order valence-corrected chi connectivity index (χ3v) is 6.20. The van der Waals surface area contributed by atoms with Crippen LogP contribution in [0.25, 0.3) is 5.69 Å². The number of rotatable bonds is 4. The smallest absolute Gasteiger partial charge is 0.257 e. The third-order valence-electron chi connectivity index (χ3n) is 5.84. The molecule has 1 fully saturated rings. The van der Waals surface area contributed by atoms with Gasteiger partial charge in [-0.1, -0.05) is 23.7 Å². The van der Waals surface area contributed by atoms with Crippen molar-refractivity contribution < 1.29 is 13.9 Å². The van der Waals surface area contributed by atoms with E-state index in [2.05, 4.69) is 10.4 Å². The Balaban J connectivity index is 1.58. The van der Waals surface area contributed by atoms with E-state index in [0.717, 1.165) is 18.5 Å². The number of aromatic nitrogens is 2. The van der Waals surface area contributed by atoms with Crippen LogP contribution in [0.3, 0.4) is 0 Å². The van der Waals surface area contributed by atoms with Crippen molar-refractivity contribution in [3.05, 3.63) is 76.3 Å². The van der Waals surface area contributed by atoms with Gasteiger partial charge in [-0.15, -0.1) is 0 Å². The van der Waals surface area contributed by atoms with Crippen molar-refractivity contribution in [3.8, 4) is 5.69 Å². The first kappa shape index (κ1) is 20.0. The Labute approximate surface area is 184 Å². The van der Waals surface area contributed by atoms with E-state index in [0.29, 0.717) is 40.8 Å². The molecule has 2 aliphatic rings. The van der Waals surface area contributed by atoms with Crippen molar-refractivity contribution in [1.82, 2.24) is 14.7 Å². The van der Waals surface area contributed by atoms with Crippen LogP contribution in [0.15, 0.2) is 48.5 Å². The number of nitrogens with zero attached hydrogens (tertiary/aromatic N) is 3. The summed E-state index contributed by atoms with van der Waals surface area (Å²) in [6.07, 6.45) is 1.40. The summed E-state index contributed by atoms with van der Waals surface area (Å²) < 4.78 is 20.8. The van der Waals surface area contributed by atoms with Crippen molar-refractivity contribution >= 4 is 23.2 Å². The summed E-state index contributed by atoms with van der Waals surface area (Å²) in [6, 6.07) is 13.4. The van der Waals surface area contributed by atoms with Crippen molar-refractivity contribution in [1.29, 1.82) is 0 Å². The highest BCUT2D eigenvalue weighted by Crippen LogP contribution is 2.38. The Morgan fingerprint density at radius 1 is 1.23 bits per heavy atom. The highest BCUT2D eigenvalue weighted by Gasteiger charge is 2.38. The van der Waals surface area contributed by atoms with Crippen molar-refractivity contribution in [3.63, 3.8) is 0 Å². The molecule has 2 atom stereocenters. The van der Waals surface area contributed by atoms with E-state index in [9.17, 15) is 9.18 Å². The summed E-state index contributed by atoms with van der Waals surface area (Å²) in [7, 11) is 0. The molecular weight excluding hydrogens is 419 g/mol. The number of hydrogen-bond acceptors (Lipinski definition) is 4. The van der Waals surface area contributed by atoms with E-state index in [1.54, 1.807) is 21.7 Å². The summed E-state index contributed by atoms with van der Waals surface area (Å²) in [4.78, 5) is 15.2. The minimum Gasteiger partial charge on any atom is -0.376 e. The Hall–Kier alpha value is -2.90. The number of hydrogen-bond donors (Lipinski definition) is 1. The number of benzene rings is 2. The summed E-state index contributed by atoms with van der Waals surface area (Å²) >= 11 is 6.79. The van der Waals surface area contributed by atoms with Crippen molar-refractivity contribution in [2.75, 3.05) is 18.5 Å². The lowest BCUT2D eigenvalue weighted by molar-refractivity contribution is 0.0426. The number of ether oxygens (including phenoxy) is 1. The van der Waals surface area contributed by atoms with Gasteiger partial charge >= 0.3 is 0 Å². The molecular formula is C23H22ClFN4O2. The number of aryl methyl sites for hydroxylation is 1. The molecule has 0 spiro atoms. The minimum absolute atomic E-state index is 0.00950. The minimum atomic E-state index is -0.492. The SMILES string of the molecule is Cc1nn(-c2ccc(F)cc2)c(Cl)c1C1Nc2ccccc2C(=O)N1CC1CCCO1. The third kappa shape index (κ3) is 3.58. The van der Waals surface area contributed by atoms with Crippen LogP contribution < -0.4 is 5.32 Å². The average Bonchev–Trinajstić information content (AvgIpc) is 3.38. The monoisotopic (exact) mass is 440 g/mol. The topological polar surface area (TPSA) is 59.4 Å². The fourth-order valence-electron chi connectivity index (χ4n) is 4.29. The summed E-state index contributed by atoms with van der Waals surface area (Å²) in [6.45, 7) is 3.03. The van der Waals surface area contributed by atoms with Gasteiger partial charge in [-0.05, 0) is 56.2 Å². The van der Waals surface area contributed by atoms with Crippen LogP contribution in [-0.4, -0.2) is 39.8 Å². The maximum atomic E-state index is 13.4. The molecule has 6 nitrogen and oxygen atoms in total. The number of halogens is 2. The van der Waals surface area contributed by atoms with Gasteiger partial charge in [0.05, 0.1) is 28.6 Å². The molecule has 0 saturated carbocycles. The van der Waals surface area contributed by atoms with E-state index >= 15 is 0 Å². The number of carbonyl (C=O) groups is 1. The van der Waals surface area contributed by atoms with E-state index in [1.807, 2.05) is 31.2 Å². The lowest BCUT2D eigenvalue weighted by Gasteiger charge is -2.39. The number of anilines is 1. The molecule has 2 unspecified atom stereocenters. The predicted octanol–water partition coefficient (Wildman–Crippen LogP) is 4.72. The molecule has 0 aliphatic carbocycles. The average molecular weight is 441 g/mol. The zero-order valence-corrected chi connectivity index (χ0v) is 17.8. The zero-order valence-electron chi connectivity index (χ0n) is 17.0. The molecule has 1 saturated heterocycles. The van der Waals surface area contributed by atoms with Gasteiger partial charge < -0.3 is 15.0 Å². The molecule has 160 valence electrons. The number of fused-ring (bicyclic) bond motifs is 1. The van der Waals surface area contributed by atoms with Gasteiger partial charge in [0.2, 0.25) is 0 Å². The van der Waals surface area contributed by atoms with Gasteiger partial charge in [-0.25, -0.2) is 9.07 Å². The number of carbonyl (C=O) groups excluding carboxylic acids is 1. The van der Waals surface area contributed by atoms with E-state index in [1.165, 1.54) is 12.1 Å². The first-order valence-corrected chi connectivity index (χ1v) is 10.7. The summed E-state index contributed by atoms with van der Waals surface area (Å²) in [5, 5.41) is 8.44. The second-order valence-electron chi connectivity index (χ2n) is 7.86. The van der Waals surface area contributed by atoms with Crippen LogP contribution in [-0.2, 0) is 4.74 Å². The Morgan fingerprint density at radius 3 is 2.74 bits per heavy atom. The van der Waals surface area contributed by atoms with Crippen LogP contribution in [0.4, 0.5) is 10.1 Å². The molecule has 1 aromatic heterocycles. The zero-order chi connectivity index (χ0) is 21.5. The molecule has 3 aromatic rings. The van der Waals surface area contributed by atoms with Crippen LogP contribution in [0.5, 0.6) is 0 Å². The van der Waals surface area contributed by atoms with E-state index in [4.69, 9.17) is 16.3 Å². The normalized spacial score (nSPS) is 20.6. The molecule has 5 rings (SSSR count). The predicted molar refractivity (Wildman–Crippen MR) is 116 cm³/mol. The molecule has 0 radical (unpaired) electrons. The van der Waals surface area contributed by atoms with Gasteiger partial charge in [-0.3, -0.25) is 4.79 Å². The molecule has 2 aliphatic heterocycles. The Kier molecular flexibility index (Phi) is 5.16. The van der Waals surface area contributed by atoms with Crippen LogP contribution in [0.2, 0.25) is 5.15 Å². The fourth-order valence-corrected chi connectivity index (χ4v) is 4.67. The van der Waals surface area contributed by atoms with Gasteiger partial charge in [0.1, 0.15) is 17.1 Å². The second-order valence-corrected chi connectivity index (χ2v) is 8.22. The maximum Gasteiger partial charge on any atom is 0.257 e. The molecule has 3 heterocycles. The number of para-hydroxylation sites is 1. The van der Waals surface area contributed by atoms with Gasteiger partial charge in [0.25, 0.3) is 5.91 Å². The number of nitrogens with one attached hydrogen (secondary N) is 1. The molecule has 31 heavy (non-hydrogen) atoms. The fraction of sp³-hybridized carbons (Fsp3) is 0.304. The van der Waals surface area contributed by atoms with Crippen molar-refractivity contribution in [2.24, 2.45) is 0 Å². The standard InChI is InChI=1S/C23H22ClFN4O2/c1-14-20(21(24)29(27-14)16-10-8-15(25)9-11-16)22-26-19-7-3-2-6-18(19)23(30)28(22)13-17-5-4-12-31-17/h2-3,6-11,17,22,26H,4-5,12-13H2,1H3. The Morgan fingerprint density at radius 2 is 2.00 bits per heavy atom. The van der Waals surface area contributed by atoms with Crippen LogP contribution in [0.1, 0.15) is 40.6 Å².